The zero-order valence-corrected chi connectivity index (χ0v) is 8.79. The lowest BCUT2D eigenvalue weighted by Gasteiger charge is -2.17. The third-order valence-electron chi connectivity index (χ3n) is 3.04. The maximum Gasteiger partial charge on any atom is 0.0895 e. The van der Waals surface area contributed by atoms with E-state index in [0.29, 0.717) is 12.5 Å². The second-order valence-corrected chi connectivity index (χ2v) is 4.04. The van der Waals surface area contributed by atoms with Crippen LogP contribution in [0.25, 0.3) is 0 Å². The molecular formula is C13H16O. The molecule has 2 rings (SSSR count). The molecule has 1 heteroatoms. The smallest absolute Gasteiger partial charge is 0.0895 e. The zero-order valence-electron chi connectivity index (χ0n) is 8.79. The van der Waals surface area contributed by atoms with Crippen LogP contribution in [0.4, 0.5) is 0 Å². The third kappa shape index (κ3) is 1.48. The second-order valence-electron chi connectivity index (χ2n) is 4.04. The van der Waals surface area contributed by atoms with E-state index in [1.54, 1.807) is 0 Å². The van der Waals surface area contributed by atoms with Gasteiger partial charge in [-0.2, -0.15) is 0 Å². The summed E-state index contributed by atoms with van der Waals surface area (Å²) in [6.45, 7) is 9.04. The van der Waals surface area contributed by atoms with Crippen LogP contribution in [0.15, 0.2) is 36.4 Å². The Morgan fingerprint density at radius 2 is 2.07 bits per heavy atom. The van der Waals surface area contributed by atoms with Gasteiger partial charge in [-0.15, -0.1) is 0 Å². The molecule has 0 N–H and O–H groups in total. The first-order valence-electron chi connectivity index (χ1n) is 5.05. The van der Waals surface area contributed by atoms with Crippen molar-refractivity contribution in [2.24, 2.45) is 5.92 Å². The molecule has 0 radical (unpaired) electrons. The van der Waals surface area contributed by atoms with Gasteiger partial charge in [-0.25, -0.2) is 0 Å². The van der Waals surface area contributed by atoms with Crippen LogP contribution in [0, 0.1) is 12.8 Å². The van der Waals surface area contributed by atoms with Crippen LogP contribution in [0.3, 0.4) is 0 Å². The first-order chi connectivity index (χ1) is 6.70. The molecule has 1 saturated heterocycles. The minimum atomic E-state index is 0.212. The van der Waals surface area contributed by atoms with Crippen molar-refractivity contribution < 1.29 is 4.74 Å². The lowest BCUT2D eigenvalue weighted by atomic mass is 9.92. The molecule has 14 heavy (non-hydrogen) atoms. The van der Waals surface area contributed by atoms with Gasteiger partial charge in [0.25, 0.3) is 0 Å². The predicted octanol–water partition coefficient (Wildman–Crippen LogP) is 3.26. The van der Waals surface area contributed by atoms with E-state index in [0.717, 1.165) is 0 Å². The fraction of sp³-hybridized carbons (Fsp3) is 0.385. The van der Waals surface area contributed by atoms with E-state index in [-0.39, 0.29) is 6.10 Å². The summed E-state index contributed by atoms with van der Waals surface area (Å²) in [4.78, 5) is 0. The molecule has 0 unspecified atom stereocenters. The normalized spacial score (nSPS) is 26.9. The highest BCUT2D eigenvalue weighted by Crippen LogP contribution is 2.37. The summed E-state index contributed by atoms with van der Waals surface area (Å²) in [7, 11) is 0. The summed E-state index contributed by atoms with van der Waals surface area (Å²) < 4.78 is 5.74. The highest BCUT2D eigenvalue weighted by Gasteiger charge is 2.29. The molecule has 0 spiro atoms. The van der Waals surface area contributed by atoms with E-state index in [1.165, 1.54) is 16.7 Å². The van der Waals surface area contributed by atoms with Crippen molar-refractivity contribution >= 4 is 0 Å². The van der Waals surface area contributed by atoms with Crippen LogP contribution < -0.4 is 0 Å². The molecule has 1 aliphatic heterocycles. The van der Waals surface area contributed by atoms with Gasteiger partial charge in [0.1, 0.15) is 0 Å². The average Bonchev–Trinajstić information content (AvgIpc) is 2.49. The first kappa shape index (κ1) is 9.47. The molecular weight excluding hydrogens is 172 g/mol. The Bertz CT molecular complexity index is 354. The number of benzene rings is 1. The predicted molar refractivity (Wildman–Crippen MR) is 58.2 cm³/mol. The van der Waals surface area contributed by atoms with Gasteiger partial charge in [-0.1, -0.05) is 37.8 Å². The number of hydrogen-bond donors (Lipinski definition) is 0. The van der Waals surface area contributed by atoms with Gasteiger partial charge in [-0.05, 0) is 23.6 Å². The molecule has 2 atom stereocenters. The summed E-state index contributed by atoms with van der Waals surface area (Å²) in [5.41, 5.74) is 3.82. The Labute approximate surface area is 85.4 Å². The average molecular weight is 188 g/mol. The van der Waals surface area contributed by atoms with E-state index < -0.39 is 0 Å². The van der Waals surface area contributed by atoms with Crippen molar-refractivity contribution in [3.8, 4) is 0 Å². The highest BCUT2D eigenvalue weighted by atomic mass is 16.5. The molecule has 0 saturated carbocycles. The minimum Gasteiger partial charge on any atom is -0.369 e. The monoisotopic (exact) mass is 188 g/mol. The van der Waals surface area contributed by atoms with E-state index in [4.69, 9.17) is 4.74 Å². The van der Waals surface area contributed by atoms with Crippen LogP contribution in [-0.2, 0) is 4.74 Å². The summed E-state index contributed by atoms with van der Waals surface area (Å²) >= 11 is 0. The van der Waals surface area contributed by atoms with Gasteiger partial charge in [-0.3, -0.25) is 0 Å². The Hall–Kier alpha value is -1.08. The lowest BCUT2D eigenvalue weighted by Crippen LogP contribution is -2.06. The largest absolute Gasteiger partial charge is 0.369 e. The van der Waals surface area contributed by atoms with E-state index in [9.17, 15) is 0 Å². The lowest BCUT2D eigenvalue weighted by molar-refractivity contribution is 0.0946. The van der Waals surface area contributed by atoms with Gasteiger partial charge in [0.15, 0.2) is 0 Å². The van der Waals surface area contributed by atoms with Gasteiger partial charge in [0.2, 0.25) is 0 Å². The topological polar surface area (TPSA) is 9.23 Å². The molecule has 1 aromatic rings. The van der Waals surface area contributed by atoms with E-state index in [1.807, 2.05) is 0 Å². The molecule has 1 fully saturated rings. The summed E-state index contributed by atoms with van der Waals surface area (Å²) in [5, 5.41) is 0. The molecule has 1 aromatic carbocycles. The van der Waals surface area contributed by atoms with Crippen molar-refractivity contribution in [2.45, 2.75) is 20.0 Å². The number of hydrogen-bond acceptors (Lipinski definition) is 1. The van der Waals surface area contributed by atoms with Crippen molar-refractivity contribution in [2.75, 3.05) is 6.61 Å². The quantitative estimate of drug-likeness (QED) is 0.615. The van der Waals surface area contributed by atoms with Gasteiger partial charge >= 0.3 is 0 Å². The fourth-order valence-electron chi connectivity index (χ4n) is 1.95. The standard InChI is InChI=1S/C13H16O/c1-9-6-4-5-7-12(9)13-11(3)10(2)8-14-13/h4-7,11,13H,2,8H2,1,3H3/t11-,13-/m1/s1. The van der Waals surface area contributed by atoms with Crippen molar-refractivity contribution in [3.63, 3.8) is 0 Å². The van der Waals surface area contributed by atoms with Crippen LogP contribution in [-0.4, -0.2) is 6.61 Å². The summed E-state index contributed by atoms with van der Waals surface area (Å²) in [6, 6.07) is 8.41. The molecule has 0 bridgehead atoms. The van der Waals surface area contributed by atoms with Gasteiger partial charge < -0.3 is 4.74 Å². The van der Waals surface area contributed by atoms with Crippen LogP contribution in [0.1, 0.15) is 24.2 Å². The van der Waals surface area contributed by atoms with Crippen molar-refractivity contribution in [3.05, 3.63) is 47.5 Å². The van der Waals surface area contributed by atoms with Crippen molar-refractivity contribution in [1.82, 2.24) is 0 Å². The Morgan fingerprint density at radius 1 is 1.36 bits per heavy atom. The Balaban J connectivity index is 2.32. The maximum atomic E-state index is 5.74. The molecule has 0 aromatic heterocycles. The second kappa shape index (κ2) is 3.58. The van der Waals surface area contributed by atoms with Gasteiger partial charge in [0.05, 0.1) is 12.7 Å². The Kier molecular flexibility index (Phi) is 2.42. The maximum absolute atomic E-state index is 5.74. The fourth-order valence-corrected chi connectivity index (χ4v) is 1.95. The minimum absolute atomic E-state index is 0.212. The van der Waals surface area contributed by atoms with Crippen LogP contribution >= 0.6 is 0 Å². The SMILES string of the molecule is C=C1CO[C@@H](c2ccccc2C)[C@@H]1C. The van der Waals surface area contributed by atoms with Crippen LogP contribution in [0.2, 0.25) is 0 Å². The summed E-state index contributed by atoms with van der Waals surface area (Å²) in [6.07, 6.45) is 0.212. The van der Waals surface area contributed by atoms with E-state index >= 15 is 0 Å². The van der Waals surface area contributed by atoms with Crippen molar-refractivity contribution in [1.29, 1.82) is 0 Å². The third-order valence-corrected chi connectivity index (χ3v) is 3.04. The summed E-state index contributed by atoms with van der Waals surface area (Å²) in [5.74, 6) is 0.441. The first-order valence-corrected chi connectivity index (χ1v) is 5.05. The molecule has 74 valence electrons. The number of aryl methyl sites for hydroxylation is 1. The molecule has 0 aliphatic carbocycles. The molecule has 1 heterocycles. The number of ether oxygens (including phenoxy) is 1. The molecule has 1 nitrogen and oxygen atoms in total. The van der Waals surface area contributed by atoms with E-state index in [2.05, 4.69) is 44.7 Å². The van der Waals surface area contributed by atoms with Gasteiger partial charge in [0, 0.05) is 5.92 Å². The van der Waals surface area contributed by atoms with Crippen LogP contribution in [0.5, 0.6) is 0 Å². The zero-order chi connectivity index (χ0) is 10.1. The Morgan fingerprint density at radius 3 is 2.64 bits per heavy atom. The number of rotatable bonds is 1. The highest BCUT2D eigenvalue weighted by molar-refractivity contribution is 5.31. The molecule has 0 amide bonds. The molecule has 1 aliphatic rings.